The molecule has 0 aromatic heterocycles. The second-order valence-corrected chi connectivity index (χ2v) is 4.57. The molecule has 0 radical (unpaired) electrons. The summed E-state index contributed by atoms with van der Waals surface area (Å²) in [5.41, 5.74) is 7.70. The van der Waals surface area contributed by atoms with E-state index in [4.69, 9.17) is 5.73 Å². The molecule has 88 valence electrons. The Hall–Kier alpha value is -1.65. The second kappa shape index (κ2) is 3.68. The molecule has 4 nitrogen and oxygen atoms in total. The van der Waals surface area contributed by atoms with E-state index in [9.17, 15) is 10.0 Å². The predicted octanol–water partition coefficient (Wildman–Crippen LogP) is -0.705. The molecule has 1 aliphatic heterocycles. The first-order chi connectivity index (χ1) is 8.20. The van der Waals surface area contributed by atoms with E-state index in [1.807, 2.05) is 18.2 Å². The third-order valence-electron chi connectivity index (χ3n) is 3.51. The molecule has 17 heavy (non-hydrogen) atoms. The van der Waals surface area contributed by atoms with Gasteiger partial charge in [0.05, 0.1) is 12.5 Å². The average Bonchev–Trinajstić information content (AvgIpc) is 2.28. The van der Waals surface area contributed by atoms with Crippen LogP contribution < -0.4 is 16.2 Å². The summed E-state index contributed by atoms with van der Waals surface area (Å²) in [5, 5.41) is 12.8. The normalized spacial score (nSPS) is 22.2. The summed E-state index contributed by atoms with van der Waals surface area (Å²) in [4.78, 5) is 12.0. The van der Waals surface area contributed by atoms with Crippen molar-refractivity contribution in [2.75, 3.05) is 13.1 Å². The highest BCUT2D eigenvalue weighted by Crippen LogP contribution is 2.22. The predicted molar refractivity (Wildman–Crippen MR) is 63.5 cm³/mol. The van der Waals surface area contributed by atoms with Gasteiger partial charge >= 0.3 is 0 Å². The van der Waals surface area contributed by atoms with Crippen LogP contribution in [0.3, 0.4) is 0 Å². The van der Waals surface area contributed by atoms with Crippen LogP contribution in [-0.2, 0) is 4.79 Å². The number of nitrogens with zero attached hydrogens (tertiary/aromatic N) is 1. The van der Waals surface area contributed by atoms with Crippen LogP contribution in [-0.4, -0.2) is 29.1 Å². The average molecular weight is 230 g/mol. The maximum Gasteiger partial charge on any atom is 0.145 e. The molecule has 0 saturated heterocycles. The number of benzene rings is 1. The third kappa shape index (κ3) is 1.49. The van der Waals surface area contributed by atoms with Gasteiger partial charge in [-0.3, -0.25) is 15.1 Å². The SMILES string of the molecule is NCC1C(=O)CC2=c3c1cccc3=CN(O)C2. The van der Waals surface area contributed by atoms with Crippen molar-refractivity contribution in [2.24, 2.45) is 5.73 Å². The lowest BCUT2D eigenvalue weighted by atomic mass is 9.82. The summed E-state index contributed by atoms with van der Waals surface area (Å²) >= 11 is 0. The molecule has 1 aromatic rings. The highest BCUT2D eigenvalue weighted by molar-refractivity contribution is 5.95. The van der Waals surface area contributed by atoms with Gasteiger partial charge in [0.15, 0.2) is 0 Å². The molecule has 0 fully saturated rings. The number of carbonyl (C=O) groups excluding carboxylic acids is 1. The number of Topliss-reactive ketones (excluding diaryl/α,β-unsaturated/α-hetero) is 1. The minimum Gasteiger partial charge on any atom is -0.329 e. The van der Waals surface area contributed by atoms with E-state index in [1.54, 1.807) is 6.20 Å². The van der Waals surface area contributed by atoms with Crippen molar-refractivity contribution >= 4 is 17.6 Å². The zero-order chi connectivity index (χ0) is 12.0. The lowest BCUT2D eigenvalue weighted by Gasteiger charge is -2.27. The van der Waals surface area contributed by atoms with Gasteiger partial charge in [-0.25, -0.2) is 0 Å². The molecule has 3 N–H and O–H groups in total. The lowest BCUT2D eigenvalue weighted by Crippen LogP contribution is -2.45. The lowest BCUT2D eigenvalue weighted by molar-refractivity contribution is -0.119. The summed E-state index contributed by atoms with van der Waals surface area (Å²) in [6, 6.07) is 5.82. The number of ketones is 1. The molecule has 0 spiro atoms. The number of carbonyl (C=O) groups is 1. The summed E-state index contributed by atoms with van der Waals surface area (Å²) in [6.45, 7) is 0.762. The van der Waals surface area contributed by atoms with E-state index in [-0.39, 0.29) is 11.7 Å². The molecule has 1 aromatic carbocycles. The van der Waals surface area contributed by atoms with Crippen LogP contribution >= 0.6 is 0 Å². The van der Waals surface area contributed by atoms with Crippen LogP contribution in [0.5, 0.6) is 0 Å². The number of hydrogen-bond acceptors (Lipinski definition) is 4. The van der Waals surface area contributed by atoms with E-state index in [0.717, 1.165) is 26.6 Å². The minimum atomic E-state index is -0.188. The Bertz CT molecular complexity index is 606. The highest BCUT2D eigenvalue weighted by atomic mass is 16.5. The molecule has 0 bridgehead atoms. The van der Waals surface area contributed by atoms with E-state index >= 15 is 0 Å². The van der Waals surface area contributed by atoms with Crippen molar-refractivity contribution in [3.8, 4) is 0 Å². The number of hydrogen-bond donors (Lipinski definition) is 2. The molecule has 1 heterocycles. The van der Waals surface area contributed by atoms with Gasteiger partial charge in [-0.2, -0.15) is 0 Å². The van der Waals surface area contributed by atoms with E-state index in [2.05, 4.69) is 0 Å². The first kappa shape index (κ1) is 10.5. The van der Waals surface area contributed by atoms with Crippen LogP contribution in [0, 0.1) is 0 Å². The molecule has 3 rings (SSSR count). The number of rotatable bonds is 1. The monoisotopic (exact) mass is 230 g/mol. The summed E-state index contributed by atoms with van der Waals surface area (Å²) in [7, 11) is 0. The summed E-state index contributed by atoms with van der Waals surface area (Å²) in [5.74, 6) is -0.0326. The fourth-order valence-electron chi connectivity index (χ4n) is 2.79. The summed E-state index contributed by atoms with van der Waals surface area (Å²) in [6.07, 6.45) is 2.10. The van der Waals surface area contributed by atoms with E-state index < -0.39 is 0 Å². The quantitative estimate of drug-likeness (QED) is 0.669. The fraction of sp³-hybridized carbons (Fsp3) is 0.308. The molecular formula is C13H14N2O2. The van der Waals surface area contributed by atoms with Crippen molar-refractivity contribution in [3.63, 3.8) is 0 Å². The van der Waals surface area contributed by atoms with Gasteiger partial charge in [0, 0.05) is 24.4 Å². The topological polar surface area (TPSA) is 66.6 Å². The van der Waals surface area contributed by atoms with Gasteiger partial charge in [-0.1, -0.05) is 18.2 Å². The largest absolute Gasteiger partial charge is 0.329 e. The fourth-order valence-corrected chi connectivity index (χ4v) is 2.79. The highest BCUT2D eigenvalue weighted by Gasteiger charge is 2.28. The van der Waals surface area contributed by atoms with E-state index in [1.165, 1.54) is 0 Å². The smallest absolute Gasteiger partial charge is 0.145 e. The Labute approximate surface area is 98.6 Å². The first-order valence-corrected chi connectivity index (χ1v) is 5.72. The first-order valence-electron chi connectivity index (χ1n) is 5.72. The van der Waals surface area contributed by atoms with Crippen molar-refractivity contribution in [1.82, 2.24) is 5.06 Å². The summed E-state index contributed by atoms with van der Waals surface area (Å²) < 4.78 is 0. The van der Waals surface area contributed by atoms with Gasteiger partial charge in [0.1, 0.15) is 5.78 Å². The Morgan fingerprint density at radius 2 is 2.29 bits per heavy atom. The van der Waals surface area contributed by atoms with Crippen LogP contribution in [0.1, 0.15) is 17.9 Å². The zero-order valence-electron chi connectivity index (χ0n) is 9.39. The molecule has 4 heteroatoms. The van der Waals surface area contributed by atoms with Crippen molar-refractivity contribution in [2.45, 2.75) is 12.3 Å². The van der Waals surface area contributed by atoms with Crippen LogP contribution in [0.15, 0.2) is 18.2 Å². The van der Waals surface area contributed by atoms with Gasteiger partial charge in [0.2, 0.25) is 0 Å². The van der Waals surface area contributed by atoms with Gasteiger partial charge < -0.3 is 5.73 Å². The standard InChI is InChI=1S/C13H14N2O2/c14-5-11-10-3-1-2-8-6-15(17)7-9(13(8)10)4-12(11)16/h1-3,6,11,17H,4-5,7,14H2. The Morgan fingerprint density at radius 1 is 1.47 bits per heavy atom. The Kier molecular flexibility index (Phi) is 2.28. The molecule has 2 aliphatic rings. The molecular weight excluding hydrogens is 216 g/mol. The maximum absolute atomic E-state index is 12.0. The zero-order valence-corrected chi connectivity index (χ0v) is 9.39. The third-order valence-corrected chi connectivity index (χ3v) is 3.51. The van der Waals surface area contributed by atoms with Crippen molar-refractivity contribution < 1.29 is 10.0 Å². The minimum absolute atomic E-state index is 0.155. The van der Waals surface area contributed by atoms with E-state index in [0.29, 0.717) is 19.5 Å². The van der Waals surface area contributed by atoms with Gasteiger partial charge in [-0.05, 0) is 16.4 Å². The number of hydroxylamine groups is 2. The molecule has 0 amide bonds. The van der Waals surface area contributed by atoms with Crippen LogP contribution in [0.2, 0.25) is 0 Å². The Morgan fingerprint density at radius 3 is 3.06 bits per heavy atom. The molecule has 1 aliphatic carbocycles. The van der Waals surface area contributed by atoms with Crippen molar-refractivity contribution in [3.05, 3.63) is 34.2 Å². The van der Waals surface area contributed by atoms with Crippen LogP contribution in [0.4, 0.5) is 0 Å². The molecule has 1 atom stereocenters. The van der Waals surface area contributed by atoms with Gasteiger partial charge in [-0.15, -0.1) is 0 Å². The van der Waals surface area contributed by atoms with Crippen molar-refractivity contribution in [1.29, 1.82) is 0 Å². The van der Waals surface area contributed by atoms with Gasteiger partial charge in [0.25, 0.3) is 0 Å². The molecule has 0 saturated carbocycles. The number of nitrogens with two attached hydrogens (primary N) is 1. The second-order valence-electron chi connectivity index (χ2n) is 4.57. The van der Waals surface area contributed by atoms with Crippen LogP contribution in [0.25, 0.3) is 11.8 Å². The molecule has 1 unspecified atom stereocenters. The Balaban J connectivity index is 2.36. The maximum atomic E-state index is 12.0.